The van der Waals surface area contributed by atoms with Crippen molar-refractivity contribution in [1.82, 2.24) is 15.1 Å². The zero-order valence-corrected chi connectivity index (χ0v) is 24.3. The van der Waals surface area contributed by atoms with Crippen LogP contribution in [0.5, 0.6) is 0 Å². The highest BCUT2D eigenvalue weighted by Gasteiger charge is 2.72. The monoisotopic (exact) mass is 579 g/mol. The van der Waals surface area contributed by atoms with E-state index in [1.165, 1.54) is 4.90 Å². The van der Waals surface area contributed by atoms with E-state index < -0.39 is 53.6 Å². The van der Waals surface area contributed by atoms with Crippen LogP contribution in [0.25, 0.3) is 0 Å². The summed E-state index contributed by atoms with van der Waals surface area (Å²) in [5.41, 5.74) is -0.506. The van der Waals surface area contributed by atoms with E-state index in [0.29, 0.717) is 25.9 Å². The van der Waals surface area contributed by atoms with E-state index in [1.807, 2.05) is 36.4 Å². The number of hydrogen-bond donors (Lipinski definition) is 2. The normalized spacial score (nSPS) is 33.0. The molecular weight excluding hydrogens is 538 g/mol. The Bertz CT molecular complexity index is 1230. The van der Waals surface area contributed by atoms with Crippen molar-refractivity contribution in [2.24, 2.45) is 11.8 Å². The maximum Gasteiger partial charge on any atom is 0.313 e. The molecule has 4 heterocycles. The molecule has 4 aliphatic rings. The number of rotatable bonds is 7. The molecule has 2 N–H and O–H groups in total. The Hall–Kier alpha value is -3.50. The molecule has 2 fully saturated rings. The van der Waals surface area contributed by atoms with Gasteiger partial charge in [0, 0.05) is 19.5 Å². The molecule has 1 aromatic rings. The maximum absolute atomic E-state index is 14.6. The number of amides is 3. The third-order valence-electron chi connectivity index (χ3n) is 8.76. The van der Waals surface area contributed by atoms with Crippen LogP contribution in [-0.4, -0.2) is 94.7 Å². The van der Waals surface area contributed by atoms with Crippen molar-refractivity contribution in [3.05, 3.63) is 60.2 Å². The number of aliphatic hydroxyl groups excluding tert-OH is 1. The molecule has 2 saturated heterocycles. The van der Waals surface area contributed by atoms with Gasteiger partial charge >= 0.3 is 5.97 Å². The molecular formula is C32H41N3O7. The zero-order valence-electron chi connectivity index (χ0n) is 24.3. The van der Waals surface area contributed by atoms with Gasteiger partial charge in [0.1, 0.15) is 23.7 Å². The highest BCUT2D eigenvalue weighted by atomic mass is 16.6. The standard InChI is InChI=1S/C32H41N3O7/c1-3-4-16-34-17-10-15-32-27(26-24(42-32)13-8-9-14-25(37)33-19-21(2)41-31(26)40)29(38)35(28(32)30(34)39)23(20-36)18-22-11-6-5-7-12-22/h5-8,10-13,15,21,23-24,26-28,36H,3-4,9,14,16-20H2,1-2H3,(H,33,37)/b13-8-/t21-,23-,24-,26+,27+,28-,32+/m1/s1. The Kier molecular flexibility index (Phi) is 9.13. The Labute approximate surface area is 246 Å². The van der Waals surface area contributed by atoms with Gasteiger partial charge < -0.3 is 29.7 Å². The summed E-state index contributed by atoms with van der Waals surface area (Å²) < 4.78 is 12.5. The van der Waals surface area contributed by atoms with Crippen LogP contribution in [0.4, 0.5) is 0 Å². The first-order valence-corrected chi connectivity index (χ1v) is 15.1. The molecule has 0 aromatic heterocycles. The summed E-state index contributed by atoms with van der Waals surface area (Å²) in [4.78, 5) is 58.1. The smallest absolute Gasteiger partial charge is 0.313 e. The van der Waals surface area contributed by atoms with Crippen LogP contribution in [-0.2, 0) is 35.1 Å². The minimum absolute atomic E-state index is 0.147. The number of nitrogens with one attached hydrogen (secondary N) is 1. The molecule has 0 unspecified atom stereocenters. The van der Waals surface area contributed by atoms with Gasteiger partial charge in [-0.1, -0.05) is 68.0 Å². The highest BCUT2D eigenvalue weighted by molar-refractivity contribution is 5.99. The predicted molar refractivity (Wildman–Crippen MR) is 154 cm³/mol. The number of esters is 1. The summed E-state index contributed by atoms with van der Waals surface area (Å²) >= 11 is 0. The molecule has 0 bridgehead atoms. The van der Waals surface area contributed by atoms with Gasteiger partial charge in [-0.3, -0.25) is 19.2 Å². The molecule has 10 heteroatoms. The second kappa shape index (κ2) is 12.8. The molecule has 5 rings (SSSR count). The van der Waals surface area contributed by atoms with Crippen LogP contribution < -0.4 is 5.32 Å². The molecule has 0 aliphatic carbocycles. The largest absolute Gasteiger partial charge is 0.460 e. The van der Waals surface area contributed by atoms with E-state index in [2.05, 4.69) is 12.2 Å². The number of carbonyl (C=O) groups is 4. The lowest BCUT2D eigenvalue weighted by Crippen LogP contribution is -2.58. The number of benzene rings is 1. The second-order valence-electron chi connectivity index (χ2n) is 11.7. The fraction of sp³-hybridized carbons (Fsp3) is 0.562. The minimum atomic E-state index is -1.42. The van der Waals surface area contributed by atoms with Crippen molar-refractivity contribution >= 4 is 23.7 Å². The first kappa shape index (κ1) is 30.0. The minimum Gasteiger partial charge on any atom is -0.460 e. The Morgan fingerprint density at radius 2 is 1.90 bits per heavy atom. The molecule has 42 heavy (non-hydrogen) atoms. The highest BCUT2D eigenvalue weighted by Crippen LogP contribution is 2.53. The second-order valence-corrected chi connectivity index (χ2v) is 11.7. The van der Waals surface area contributed by atoms with Crippen LogP contribution in [0, 0.1) is 11.8 Å². The molecule has 1 spiro atoms. The van der Waals surface area contributed by atoms with Crippen molar-refractivity contribution in [3.8, 4) is 0 Å². The van der Waals surface area contributed by atoms with Crippen molar-refractivity contribution < 1.29 is 33.8 Å². The molecule has 0 radical (unpaired) electrons. The summed E-state index contributed by atoms with van der Waals surface area (Å²) in [6, 6.07) is 7.76. The number of allylic oxidation sites excluding steroid dienone is 1. The van der Waals surface area contributed by atoms with Gasteiger partial charge in [-0.05, 0) is 31.7 Å². The molecule has 1 aromatic carbocycles. The summed E-state index contributed by atoms with van der Waals surface area (Å²) in [6.45, 7) is 4.42. The molecule has 10 nitrogen and oxygen atoms in total. The predicted octanol–water partition coefficient (Wildman–Crippen LogP) is 1.77. The number of hydrogen-bond acceptors (Lipinski definition) is 7. The quantitative estimate of drug-likeness (QED) is 0.373. The topological polar surface area (TPSA) is 125 Å². The number of likely N-dealkylation sites (tertiary alicyclic amines) is 1. The molecule has 226 valence electrons. The third kappa shape index (κ3) is 5.62. The van der Waals surface area contributed by atoms with Crippen molar-refractivity contribution in [2.45, 2.75) is 75.8 Å². The van der Waals surface area contributed by atoms with Gasteiger partial charge in [0.2, 0.25) is 17.7 Å². The maximum atomic E-state index is 14.6. The molecule has 0 saturated carbocycles. The average molecular weight is 580 g/mol. The fourth-order valence-corrected chi connectivity index (χ4v) is 6.73. The average Bonchev–Trinajstić information content (AvgIpc) is 3.37. The van der Waals surface area contributed by atoms with Crippen LogP contribution in [0.2, 0.25) is 0 Å². The van der Waals surface area contributed by atoms with E-state index >= 15 is 0 Å². The van der Waals surface area contributed by atoms with Crippen LogP contribution in [0.1, 0.15) is 45.1 Å². The summed E-state index contributed by atoms with van der Waals surface area (Å²) in [6.07, 6.45) is 8.45. The van der Waals surface area contributed by atoms with E-state index in [-0.39, 0.29) is 31.4 Å². The van der Waals surface area contributed by atoms with Crippen LogP contribution >= 0.6 is 0 Å². The van der Waals surface area contributed by atoms with E-state index in [9.17, 15) is 24.3 Å². The van der Waals surface area contributed by atoms with Gasteiger partial charge in [0.05, 0.1) is 31.2 Å². The van der Waals surface area contributed by atoms with Gasteiger partial charge in [0.25, 0.3) is 0 Å². The van der Waals surface area contributed by atoms with E-state index in [0.717, 1.165) is 18.4 Å². The number of cyclic esters (lactones) is 1. The summed E-state index contributed by atoms with van der Waals surface area (Å²) in [7, 11) is 0. The molecule has 3 amide bonds. The third-order valence-corrected chi connectivity index (χ3v) is 8.76. The van der Waals surface area contributed by atoms with E-state index in [1.54, 1.807) is 30.1 Å². The molecule has 4 aliphatic heterocycles. The number of nitrogens with zero attached hydrogens (tertiary/aromatic N) is 2. The summed E-state index contributed by atoms with van der Waals surface area (Å²) in [5, 5.41) is 13.4. The Morgan fingerprint density at radius 3 is 2.64 bits per heavy atom. The SMILES string of the molecule is CCCCN1CC=C[C@]23O[C@@H]4/C=C\CCC(=O)NC[C@@H](C)OC(=O)[C@@H]4[C@H]2C(=O)N([C@@H](CO)Cc2ccccc2)[C@@H]3C1=O. The Morgan fingerprint density at radius 1 is 1.12 bits per heavy atom. The number of fused-ring (bicyclic) bond motifs is 2. The van der Waals surface area contributed by atoms with Crippen LogP contribution in [0.15, 0.2) is 54.6 Å². The van der Waals surface area contributed by atoms with Crippen molar-refractivity contribution in [1.29, 1.82) is 0 Å². The number of carbonyl (C=O) groups excluding carboxylic acids is 4. The van der Waals surface area contributed by atoms with Gasteiger partial charge in [-0.15, -0.1) is 0 Å². The lowest BCUT2D eigenvalue weighted by Gasteiger charge is -2.38. The fourth-order valence-electron chi connectivity index (χ4n) is 6.73. The Balaban J connectivity index is 1.59. The first-order chi connectivity index (χ1) is 20.3. The number of aliphatic hydroxyl groups is 1. The van der Waals surface area contributed by atoms with Crippen molar-refractivity contribution in [3.63, 3.8) is 0 Å². The first-order valence-electron chi connectivity index (χ1n) is 15.1. The number of ether oxygens (including phenoxy) is 2. The summed E-state index contributed by atoms with van der Waals surface area (Å²) in [5.74, 6) is -3.45. The van der Waals surface area contributed by atoms with Gasteiger partial charge in [-0.2, -0.15) is 0 Å². The van der Waals surface area contributed by atoms with Crippen molar-refractivity contribution in [2.75, 3.05) is 26.2 Å². The number of unbranched alkanes of at least 4 members (excludes halogenated alkanes) is 1. The van der Waals surface area contributed by atoms with Crippen LogP contribution in [0.3, 0.4) is 0 Å². The van der Waals surface area contributed by atoms with E-state index in [4.69, 9.17) is 9.47 Å². The zero-order chi connectivity index (χ0) is 29.9. The van der Waals surface area contributed by atoms with Gasteiger partial charge in [0.15, 0.2) is 0 Å². The lowest BCUT2D eigenvalue weighted by atomic mass is 9.78. The van der Waals surface area contributed by atoms with Gasteiger partial charge in [-0.25, -0.2) is 0 Å². The molecule has 7 atom stereocenters. The lowest BCUT2D eigenvalue weighted by molar-refractivity contribution is -0.159.